The Kier molecular flexibility index (Phi) is 5.96. The molecule has 2 heterocycles. The predicted molar refractivity (Wildman–Crippen MR) is 93.4 cm³/mol. The number of ether oxygens (including phenoxy) is 1. The lowest BCUT2D eigenvalue weighted by Crippen LogP contribution is -2.40. The van der Waals surface area contributed by atoms with E-state index in [1.165, 1.54) is 5.56 Å². The molecule has 0 N–H and O–H groups in total. The van der Waals surface area contributed by atoms with E-state index in [0.717, 1.165) is 37.9 Å². The summed E-state index contributed by atoms with van der Waals surface area (Å²) in [6.45, 7) is 2.25. The zero-order valence-corrected chi connectivity index (χ0v) is 13.9. The van der Waals surface area contributed by atoms with E-state index in [4.69, 9.17) is 4.74 Å². The molecule has 0 aliphatic carbocycles. The summed E-state index contributed by atoms with van der Waals surface area (Å²) in [5.41, 5.74) is 2.32. The molecule has 126 valence electrons. The molecule has 0 radical (unpaired) electrons. The Morgan fingerprint density at radius 1 is 1.08 bits per heavy atom. The van der Waals surface area contributed by atoms with Crippen LogP contribution in [0.2, 0.25) is 0 Å². The molecule has 0 saturated carbocycles. The normalized spacial score (nSPS) is 15.4. The minimum atomic E-state index is 0.236. The molecule has 1 aromatic carbocycles. The molecule has 2 aromatic rings. The Hall–Kier alpha value is -2.20. The molecular weight excluding hydrogens is 300 g/mol. The number of carbonyl (C=O) groups excluding carboxylic acids is 1. The number of piperidine rings is 1. The highest BCUT2D eigenvalue weighted by Crippen LogP contribution is 2.17. The van der Waals surface area contributed by atoms with Gasteiger partial charge in [-0.1, -0.05) is 36.4 Å². The van der Waals surface area contributed by atoms with Gasteiger partial charge in [-0.25, -0.2) is 0 Å². The van der Waals surface area contributed by atoms with Crippen LogP contribution in [0.15, 0.2) is 54.9 Å². The molecule has 1 aliphatic rings. The van der Waals surface area contributed by atoms with Crippen molar-refractivity contribution in [3.05, 3.63) is 66.0 Å². The summed E-state index contributed by atoms with van der Waals surface area (Å²) in [6, 6.07) is 14.2. The third-order valence-electron chi connectivity index (χ3n) is 4.47. The zero-order valence-electron chi connectivity index (χ0n) is 13.9. The number of hydrogen-bond donors (Lipinski definition) is 0. The van der Waals surface area contributed by atoms with Gasteiger partial charge in [0.05, 0.1) is 12.7 Å². The Balaban J connectivity index is 1.37. The zero-order chi connectivity index (χ0) is 16.6. The first-order valence-electron chi connectivity index (χ1n) is 8.63. The lowest BCUT2D eigenvalue weighted by atomic mass is 10.1. The first-order valence-corrected chi connectivity index (χ1v) is 8.63. The quantitative estimate of drug-likeness (QED) is 0.819. The van der Waals surface area contributed by atoms with E-state index in [-0.39, 0.29) is 12.0 Å². The Bertz CT molecular complexity index is 623. The van der Waals surface area contributed by atoms with Crippen LogP contribution in [0.4, 0.5) is 0 Å². The van der Waals surface area contributed by atoms with E-state index in [9.17, 15) is 4.79 Å². The lowest BCUT2D eigenvalue weighted by Gasteiger charge is -2.32. The number of benzene rings is 1. The number of hydrogen-bond acceptors (Lipinski definition) is 3. The SMILES string of the molecule is O=C(CCc1cccnc1)N1CCC(OCc2ccccc2)CC1. The van der Waals surface area contributed by atoms with E-state index in [0.29, 0.717) is 13.0 Å². The summed E-state index contributed by atoms with van der Waals surface area (Å²) in [5, 5.41) is 0. The van der Waals surface area contributed by atoms with Crippen molar-refractivity contribution >= 4 is 5.91 Å². The number of aryl methyl sites for hydroxylation is 1. The molecule has 1 saturated heterocycles. The van der Waals surface area contributed by atoms with E-state index in [1.807, 2.05) is 41.4 Å². The number of nitrogens with zero attached hydrogens (tertiary/aromatic N) is 2. The summed E-state index contributed by atoms with van der Waals surface area (Å²) in [6.07, 6.45) is 7.00. The molecule has 0 spiro atoms. The lowest BCUT2D eigenvalue weighted by molar-refractivity contribution is -0.134. The summed E-state index contributed by atoms with van der Waals surface area (Å²) in [7, 11) is 0. The Morgan fingerprint density at radius 3 is 2.54 bits per heavy atom. The number of carbonyl (C=O) groups is 1. The maximum atomic E-state index is 12.3. The summed E-state index contributed by atoms with van der Waals surface area (Å²) in [5.74, 6) is 0.236. The predicted octanol–water partition coefficient (Wildman–Crippen LogP) is 3.22. The van der Waals surface area contributed by atoms with Gasteiger partial charge in [0.15, 0.2) is 0 Å². The highest BCUT2D eigenvalue weighted by atomic mass is 16.5. The standard InChI is InChI=1S/C20H24N2O2/c23-20(9-8-17-7-4-12-21-15-17)22-13-10-19(11-14-22)24-16-18-5-2-1-3-6-18/h1-7,12,15,19H,8-11,13-14,16H2. The Labute approximate surface area is 143 Å². The third-order valence-corrected chi connectivity index (χ3v) is 4.47. The van der Waals surface area contributed by atoms with Crippen molar-refractivity contribution in [1.82, 2.24) is 9.88 Å². The van der Waals surface area contributed by atoms with E-state index >= 15 is 0 Å². The summed E-state index contributed by atoms with van der Waals surface area (Å²) < 4.78 is 5.98. The van der Waals surface area contributed by atoms with Gasteiger partial charge in [0.2, 0.25) is 5.91 Å². The fraction of sp³-hybridized carbons (Fsp3) is 0.400. The molecule has 0 bridgehead atoms. The molecule has 1 fully saturated rings. The van der Waals surface area contributed by atoms with E-state index in [1.54, 1.807) is 6.20 Å². The second kappa shape index (κ2) is 8.60. The van der Waals surface area contributed by atoms with Crippen LogP contribution in [0.3, 0.4) is 0 Å². The van der Waals surface area contributed by atoms with Crippen LogP contribution in [0.25, 0.3) is 0 Å². The second-order valence-corrected chi connectivity index (χ2v) is 6.24. The van der Waals surface area contributed by atoms with Crippen LogP contribution in [0, 0.1) is 0 Å². The third kappa shape index (κ3) is 4.90. The smallest absolute Gasteiger partial charge is 0.222 e. The van der Waals surface area contributed by atoms with Gasteiger partial charge < -0.3 is 9.64 Å². The second-order valence-electron chi connectivity index (χ2n) is 6.24. The molecule has 0 unspecified atom stereocenters. The van der Waals surface area contributed by atoms with Crippen LogP contribution in [-0.2, 0) is 22.6 Å². The van der Waals surface area contributed by atoms with Gasteiger partial charge in [0, 0.05) is 31.9 Å². The van der Waals surface area contributed by atoms with E-state index < -0.39 is 0 Å². The molecule has 1 aromatic heterocycles. The molecule has 4 heteroatoms. The molecular formula is C20H24N2O2. The number of aromatic nitrogens is 1. The molecule has 0 atom stereocenters. The largest absolute Gasteiger partial charge is 0.373 e. The van der Waals surface area contributed by atoms with Crippen LogP contribution in [0.1, 0.15) is 30.4 Å². The van der Waals surface area contributed by atoms with Crippen molar-refractivity contribution < 1.29 is 9.53 Å². The molecule has 1 amide bonds. The van der Waals surface area contributed by atoms with Crippen LogP contribution < -0.4 is 0 Å². The van der Waals surface area contributed by atoms with Crippen LogP contribution in [-0.4, -0.2) is 35.0 Å². The summed E-state index contributed by atoms with van der Waals surface area (Å²) in [4.78, 5) is 18.4. The molecule has 3 rings (SSSR count). The van der Waals surface area contributed by atoms with Crippen LogP contribution in [0.5, 0.6) is 0 Å². The molecule has 24 heavy (non-hydrogen) atoms. The molecule has 1 aliphatic heterocycles. The first kappa shape index (κ1) is 16.7. The van der Waals surface area contributed by atoms with Crippen molar-refractivity contribution in [2.45, 2.75) is 38.4 Å². The van der Waals surface area contributed by atoms with Gasteiger partial charge >= 0.3 is 0 Å². The minimum absolute atomic E-state index is 0.236. The van der Waals surface area contributed by atoms with Gasteiger partial charge in [-0.05, 0) is 36.5 Å². The average molecular weight is 324 g/mol. The highest BCUT2D eigenvalue weighted by Gasteiger charge is 2.22. The number of pyridine rings is 1. The van der Waals surface area contributed by atoms with Crippen molar-refractivity contribution in [2.24, 2.45) is 0 Å². The van der Waals surface area contributed by atoms with Gasteiger partial charge in [0.25, 0.3) is 0 Å². The van der Waals surface area contributed by atoms with Crippen molar-refractivity contribution in [3.8, 4) is 0 Å². The first-order chi connectivity index (χ1) is 11.8. The average Bonchev–Trinajstić information content (AvgIpc) is 2.66. The van der Waals surface area contributed by atoms with Gasteiger partial charge in [-0.3, -0.25) is 9.78 Å². The number of likely N-dealkylation sites (tertiary alicyclic amines) is 1. The number of rotatable bonds is 6. The van der Waals surface area contributed by atoms with Crippen molar-refractivity contribution in [3.63, 3.8) is 0 Å². The number of amides is 1. The maximum absolute atomic E-state index is 12.3. The monoisotopic (exact) mass is 324 g/mol. The van der Waals surface area contributed by atoms with Crippen LogP contribution >= 0.6 is 0 Å². The fourth-order valence-corrected chi connectivity index (χ4v) is 3.02. The van der Waals surface area contributed by atoms with Gasteiger partial charge in [-0.15, -0.1) is 0 Å². The van der Waals surface area contributed by atoms with Gasteiger partial charge in [0.1, 0.15) is 0 Å². The fourth-order valence-electron chi connectivity index (χ4n) is 3.02. The van der Waals surface area contributed by atoms with Crippen molar-refractivity contribution in [2.75, 3.05) is 13.1 Å². The topological polar surface area (TPSA) is 42.4 Å². The van der Waals surface area contributed by atoms with Crippen molar-refractivity contribution in [1.29, 1.82) is 0 Å². The highest BCUT2D eigenvalue weighted by molar-refractivity contribution is 5.76. The maximum Gasteiger partial charge on any atom is 0.222 e. The minimum Gasteiger partial charge on any atom is -0.373 e. The Morgan fingerprint density at radius 2 is 1.83 bits per heavy atom. The van der Waals surface area contributed by atoms with Gasteiger partial charge in [-0.2, -0.15) is 0 Å². The molecule has 4 nitrogen and oxygen atoms in total. The summed E-state index contributed by atoms with van der Waals surface area (Å²) >= 11 is 0. The van der Waals surface area contributed by atoms with E-state index in [2.05, 4.69) is 17.1 Å².